The van der Waals surface area contributed by atoms with Crippen LogP contribution in [-0.2, 0) is 12.8 Å². The molecule has 42 heavy (non-hydrogen) atoms. The zero-order chi connectivity index (χ0) is 30.2. The van der Waals surface area contributed by atoms with Gasteiger partial charge in [-0.05, 0) is 107 Å². The summed E-state index contributed by atoms with van der Waals surface area (Å²) in [6.07, 6.45) is 7.48. The van der Waals surface area contributed by atoms with Crippen molar-refractivity contribution in [2.24, 2.45) is 0 Å². The van der Waals surface area contributed by atoms with Crippen LogP contribution in [-0.4, -0.2) is 22.2 Å². The number of fused-ring (bicyclic) bond motifs is 2. The SMILES string of the molecule is CC.O=C(O)c1ccc2c(c1)C(c1cccc(F)c1)=CCC2.O=C(O)c1ccc2c(c1)C(c1ccccc1F)=CCC2. The van der Waals surface area contributed by atoms with Gasteiger partial charge in [0.1, 0.15) is 11.6 Å². The number of hydrogen-bond acceptors (Lipinski definition) is 2. The van der Waals surface area contributed by atoms with Crippen LogP contribution < -0.4 is 0 Å². The Hall–Kier alpha value is -4.84. The van der Waals surface area contributed by atoms with Gasteiger partial charge in [0.15, 0.2) is 0 Å². The van der Waals surface area contributed by atoms with E-state index in [0.29, 0.717) is 5.56 Å². The third kappa shape index (κ3) is 6.72. The Bertz CT molecular complexity index is 1680. The second-order valence-corrected chi connectivity index (χ2v) is 9.66. The Morgan fingerprint density at radius 3 is 1.71 bits per heavy atom. The number of hydrogen-bond donors (Lipinski definition) is 2. The molecule has 0 spiro atoms. The number of rotatable bonds is 4. The van der Waals surface area contributed by atoms with Crippen LogP contribution in [0.25, 0.3) is 11.1 Å². The van der Waals surface area contributed by atoms with E-state index in [1.807, 2.05) is 44.2 Å². The van der Waals surface area contributed by atoms with Crippen molar-refractivity contribution in [3.63, 3.8) is 0 Å². The Morgan fingerprint density at radius 1 is 0.619 bits per heavy atom. The third-order valence-corrected chi connectivity index (χ3v) is 7.12. The zero-order valence-electron chi connectivity index (χ0n) is 23.5. The highest BCUT2D eigenvalue weighted by molar-refractivity contribution is 5.92. The van der Waals surface area contributed by atoms with Crippen LogP contribution in [0.3, 0.4) is 0 Å². The maximum absolute atomic E-state index is 14.0. The molecule has 0 saturated carbocycles. The molecule has 4 aromatic carbocycles. The summed E-state index contributed by atoms with van der Waals surface area (Å²) in [7, 11) is 0. The molecule has 214 valence electrons. The van der Waals surface area contributed by atoms with Crippen LogP contribution in [0.1, 0.15) is 80.8 Å². The van der Waals surface area contributed by atoms with Gasteiger partial charge < -0.3 is 10.2 Å². The Labute approximate surface area is 244 Å². The van der Waals surface area contributed by atoms with Crippen molar-refractivity contribution >= 4 is 23.1 Å². The lowest BCUT2D eigenvalue weighted by atomic mass is 9.86. The van der Waals surface area contributed by atoms with E-state index < -0.39 is 11.9 Å². The average Bonchev–Trinajstić information content (AvgIpc) is 3.01. The molecule has 0 bridgehead atoms. The smallest absolute Gasteiger partial charge is 0.335 e. The van der Waals surface area contributed by atoms with E-state index in [-0.39, 0.29) is 22.8 Å². The van der Waals surface area contributed by atoms with Gasteiger partial charge in [0.2, 0.25) is 0 Å². The lowest BCUT2D eigenvalue weighted by molar-refractivity contribution is 0.0686. The van der Waals surface area contributed by atoms with Gasteiger partial charge in [-0.15, -0.1) is 0 Å². The predicted octanol–water partition coefficient (Wildman–Crippen LogP) is 8.83. The molecular formula is C36H32F2O4. The van der Waals surface area contributed by atoms with E-state index in [1.165, 1.54) is 18.2 Å². The zero-order valence-corrected chi connectivity index (χ0v) is 23.5. The predicted molar refractivity (Wildman–Crippen MR) is 162 cm³/mol. The van der Waals surface area contributed by atoms with Crippen molar-refractivity contribution in [3.05, 3.63) is 153 Å². The maximum atomic E-state index is 14.0. The van der Waals surface area contributed by atoms with Gasteiger partial charge in [-0.2, -0.15) is 0 Å². The molecule has 4 aromatic rings. The van der Waals surface area contributed by atoms with Crippen molar-refractivity contribution in [1.29, 1.82) is 0 Å². The molecule has 0 heterocycles. The summed E-state index contributed by atoms with van der Waals surface area (Å²) in [5.41, 5.74) is 7.38. The lowest BCUT2D eigenvalue weighted by Gasteiger charge is -2.19. The molecule has 0 atom stereocenters. The monoisotopic (exact) mass is 566 g/mol. The summed E-state index contributed by atoms with van der Waals surface area (Å²) in [5, 5.41) is 18.2. The van der Waals surface area contributed by atoms with E-state index in [9.17, 15) is 18.4 Å². The minimum Gasteiger partial charge on any atom is -0.478 e. The molecule has 4 nitrogen and oxygen atoms in total. The first-order valence-corrected chi connectivity index (χ1v) is 14.0. The number of benzene rings is 4. The highest BCUT2D eigenvalue weighted by Gasteiger charge is 2.19. The Kier molecular flexibility index (Phi) is 9.81. The quantitative estimate of drug-likeness (QED) is 0.259. The molecule has 6 heteroatoms. The largest absolute Gasteiger partial charge is 0.478 e. The molecule has 0 aliphatic heterocycles. The van der Waals surface area contributed by atoms with Crippen LogP contribution in [0.2, 0.25) is 0 Å². The van der Waals surface area contributed by atoms with Gasteiger partial charge >= 0.3 is 11.9 Å². The molecule has 2 N–H and O–H groups in total. The van der Waals surface area contributed by atoms with Gasteiger partial charge in [-0.25, -0.2) is 18.4 Å². The van der Waals surface area contributed by atoms with Gasteiger partial charge in [0.05, 0.1) is 11.1 Å². The topological polar surface area (TPSA) is 74.6 Å². The molecule has 0 fully saturated rings. The number of aryl methyl sites for hydroxylation is 2. The van der Waals surface area contributed by atoms with E-state index in [2.05, 4.69) is 0 Å². The fraction of sp³-hybridized carbons (Fsp3) is 0.167. The van der Waals surface area contributed by atoms with E-state index in [0.717, 1.165) is 64.6 Å². The molecular weight excluding hydrogens is 534 g/mol. The van der Waals surface area contributed by atoms with Crippen LogP contribution in [0.5, 0.6) is 0 Å². The first-order valence-electron chi connectivity index (χ1n) is 14.0. The summed E-state index contributed by atoms with van der Waals surface area (Å²) in [4.78, 5) is 22.2. The lowest BCUT2D eigenvalue weighted by Crippen LogP contribution is -2.05. The summed E-state index contributed by atoms with van der Waals surface area (Å²) in [6.45, 7) is 4.00. The number of carboxylic acid groups (broad SMARTS) is 2. The minimum absolute atomic E-state index is 0.230. The highest BCUT2D eigenvalue weighted by Crippen LogP contribution is 2.34. The minimum atomic E-state index is -0.966. The molecule has 0 radical (unpaired) electrons. The fourth-order valence-corrected chi connectivity index (χ4v) is 5.18. The Morgan fingerprint density at radius 2 is 1.17 bits per heavy atom. The number of allylic oxidation sites excluding steroid dienone is 2. The van der Waals surface area contributed by atoms with Crippen LogP contribution in [0.4, 0.5) is 8.78 Å². The number of halogens is 2. The number of carbonyl (C=O) groups is 2. The van der Waals surface area contributed by atoms with Crippen molar-refractivity contribution in [2.45, 2.75) is 39.5 Å². The van der Waals surface area contributed by atoms with E-state index in [1.54, 1.807) is 48.5 Å². The summed E-state index contributed by atoms with van der Waals surface area (Å²) < 4.78 is 27.4. The molecule has 2 aliphatic rings. The number of carboxylic acids is 2. The maximum Gasteiger partial charge on any atom is 0.335 e. The highest BCUT2D eigenvalue weighted by atomic mass is 19.1. The second-order valence-electron chi connectivity index (χ2n) is 9.66. The number of aromatic carboxylic acids is 2. The van der Waals surface area contributed by atoms with Crippen LogP contribution >= 0.6 is 0 Å². The first kappa shape index (κ1) is 30.1. The van der Waals surface area contributed by atoms with Crippen molar-refractivity contribution in [1.82, 2.24) is 0 Å². The van der Waals surface area contributed by atoms with Crippen LogP contribution in [0, 0.1) is 11.6 Å². The average molecular weight is 567 g/mol. The van der Waals surface area contributed by atoms with Gasteiger partial charge in [-0.1, -0.05) is 68.5 Å². The molecule has 2 aliphatic carbocycles. The second kappa shape index (κ2) is 13.7. The van der Waals surface area contributed by atoms with E-state index >= 15 is 0 Å². The van der Waals surface area contributed by atoms with Gasteiger partial charge in [0.25, 0.3) is 0 Å². The summed E-state index contributed by atoms with van der Waals surface area (Å²) >= 11 is 0. The van der Waals surface area contributed by atoms with Gasteiger partial charge in [-0.3, -0.25) is 0 Å². The van der Waals surface area contributed by atoms with Gasteiger partial charge in [0, 0.05) is 5.56 Å². The van der Waals surface area contributed by atoms with Crippen molar-refractivity contribution in [2.75, 3.05) is 0 Å². The van der Waals surface area contributed by atoms with E-state index in [4.69, 9.17) is 10.2 Å². The first-order chi connectivity index (χ1) is 20.3. The van der Waals surface area contributed by atoms with Crippen LogP contribution in [0.15, 0.2) is 97.1 Å². The normalized spacial score (nSPS) is 13.0. The fourth-order valence-electron chi connectivity index (χ4n) is 5.18. The van der Waals surface area contributed by atoms with Crippen molar-refractivity contribution in [3.8, 4) is 0 Å². The molecule has 0 unspecified atom stereocenters. The molecule has 0 aromatic heterocycles. The standard InChI is InChI=1S/2C17H13FO2.C2H6/c18-14-5-1-4-12(9-14)15-6-2-3-11-7-8-13(17(19)20)10-16(11)15;18-16-7-2-1-5-14(16)13-6-3-4-11-8-9-12(17(19)20)10-15(11)13;1-2/h1,4-10H,2-3H2,(H,19,20);1-2,5-10H,3-4H2,(H,19,20);1-2H3. The third-order valence-electron chi connectivity index (χ3n) is 7.12. The summed E-state index contributed by atoms with van der Waals surface area (Å²) in [5.74, 6) is -2.49. The molecule has 6 rings (SSSR count). The molecule has 0 saturated heterocycles. The summed E-state index contributed by atoms with van der Waals surface area (Å²) in [6, 6.07) is 23.2. The van der Waals surface area contributed by atoms with Crippen molar-refractivity contribution < 1.29 is 28.6 Å². The molecule has 0 amide bonds. The Balaban J connectivity index is 0.000000182.